The van der Waals surface area contributed by atoms with E-state index < -0.39 is 17.1 Å². The summed E-state index contributed by atoms with van der Waals surface area (Å²) in [5.74, 6) is 0. The minimum Gasteiger partial charge on any atom is -0.398 e. The van der Waals surface area contributed by atoms with Gasteiger partial charge in [0, 0.05) is 28.4 Å². The maximum Gasteiger partial charge on any atom is 0.334 e. The lowest BCUT2D eigenvalue weighted by Crippen LogP contribution is -2.42. The van der Waals surface area contributed by atoms with Crippen LogP contribution < -0.4 is 0 Å². The Bertz CT molecular complexity index is 139. The van der Waals surface area contributed by atoms with E-state index >= 15 is 0 Å². The molecular weight excluding hydrogens is 216 g/mol. The molecule has 0 N–H and O–H groups in total. The lowest BCUT2D eigenvalue weighted by molar-refractivity contribution is 0.236. The van der Waals surface area contributed by atoms with Crippen molar-refractivity contribution in [3.63, 3.8) is 0 Å². The molecule has 14 heavy (non-hydrogen) atoms. The molecule has 0 radical (unpaired) electrons. The topological polar surface area (TPSA) is 36.9 Å². The summed E-state index contributed by atoms with van der Waals surface area (Å²) >= 11 is 0. The second-order valence-electron chi connectivity index (χ2n) is 3.58. The molecule has 0 unspecified atom stereocenters. The Hall–Kier alpha value is 0.274. The van der Waals surface area contributed by atoms with Gasteiger partial charge in [0.15, 0.2) is 0 Å². The average Bonchev–Trinajstić information content (AvgIpc) is 2.25. The molecule has 0 aliphatic heterocycles. The summed E-state index contributed by atoms with van der Waals surface area (Å²) in [6.07, 6.45) is 0. The summed E-state index contributed by atoms with van der Waals surface area (Å²) in [7, 11) is 2.88. The molecule has 4 nitrogen and oxygen atoms in total. The predicted octanol–water partition coefficient (Wildman–Crippen LogP) is 1.72. The van der Waals surface area contributed by atoms with Gasteiger partial charge in [-0.05, 0) is 25.2 Å². The van der Waals surface area contributed by atoms with Crippen molar-refractivity contribution in [2.75, 3.05) is 28.4 Å². The second-order valence-corrected chi connectivity index (χ2v) is 10.8. The van der Waals surface area contributed by atoms with Gasteiger partial charge >= 0.3 is 17.1 Å². The van der Waals surface area contributed by atoms with Crippen LogP contribution >= 0.6 is 0 Å². The Morgan fingerprint density at radius 1 is 0.643 bits per heavy atom. The first-order valence-electron chi connectivity index (χ1n) is 4.66. The summed E-state index contributed by atoms with van der Waals surface area (Å²) in [5.41, 5.74) is 0. The Labute approximate surface area is 89.0 Å². The number of rotatable bonds is 7. The van der Waals surface area contributed by atoms with Gasteiger partial charge in [-0.2, -0.15) is 0 Å². The number of hydrogen-bond donors (Lipinski definition) is 0. The first kappa shape index (κ1) is 14.3. The highest BCUT2D eigenvalue weighted by molar-refractivity contribution is 6.71. The van der Waals surface area contributed by atoms with Crippen molar-refractivity contribution in [3.05, 3.63) is 0 Å². The summed E-state index contributed by atoms with van der Waals surface area (Å²) in [6.45, 7) is 4.10. The molecule has 0 saturated carbocycles. The molecule has 6 heteroatoms. The van der Waals surface area contributed by atoms with E-state index in [1.807, 2.05) is 13.1 Å². The lowest BCUT2D eigenvalue weighted by atomic mass is 10.9. The van der Waals surface area contributed by atoms with Gasteiger partial charge in [-0.1, -0.05) is 0 Å². The smallest absolute Gasteiger partial charge is 0.334 e. The van der Waals surface area contributed by atoms with Crippen LogP contribution in [0.5, 0.6) is 0 Å². The molecule has 0 aromatic carbocycles. The molecule has 86 valence electrons. The van der Waals surface area contributed by atoms with Crippen molar-refractivity contribution in [1.29, 1.82) is 0 Å². The molecule has 0 spiro atoms. The van der Waals surface area contributed by atoms with Crippen molar-refractivity contribution >= 4 is 17.1 Å². The highest BCUT2D eigenvalue weighted by Crippen LogP contribution is 2.21. The van der Waals surface area contributed by atoms with Crippen molar-refractivity contribution in [2.45, 2.75) is 25.2 Å². The molecule has 0 heterocycles. The summed E-state index contributed by atoms with van der Waals surface area (Å²) in [6, 6.07) is 1.81. The van der Waals surface area contributed by atoms with E-state index in [1.165, 1.54) is 0 Å². The Balaban J connectivity index is 4.14. The molecule has 0 fully saturated rings. The zero-order valence-electron chi connectivity index (χ0n) is 10.0. The van der Waals surface area contributed by atoms with Crippen LogP contribution in [0, 0.1) is 0 Å². The fourth-order valence-electron chi connectivity index (χ4n) is 1.03. The second kappa shape index (κ2) is 5.99. The third kappa shape index (κ3) is 4.20. The number of hydrogen-bond acceptors (Lipinski definition) is 4. The quantitative estimate of drug-likeness (QED) is 0.633. The average molecular weight is 238 g/mol. The normalized spacial score (nSPS) is 13.3. The minimum atomic E-state index is -1.96. The van der Waals surface area contributed by atoms with Crippen molar-refractivity contribution < 1.29 is 17.7 Å². The summed E-state index contributed by atoms with van der Waals surface area (Å²) in [4.78, 5) is 0. The Morgan fingerprint density at radius 2 is 0.857 bits per heavy atom. The first-order valence-corrected chi connectivity index (χ1v) is 9.70. The zero-order valence-corrected chi connectivity index (χ0v) is 12.0. The predicted molar refractivity (Wildman–Crippen MR) is 60.9 cm³/mol. The highest BCUT2D eigenvalue weighted by atomic mass is 28.4. The van der Waals surface area contributed by atoms with Crippen molar-refractivity contribution in [2.24, 2.45) is 0 Å². The molecule has 0 atom stereocenters. The third-order valence-corrected chi connectivity index (χ3v) is 9.03. The Morgan fingerprint density at radius 3 is 1.00 bits per heavy atom. The first-order chi connectivity index (χ1) is 6.45. The largest absolute Gasteiger partial charge is 0.398 e. The molecule has 0 bridgehead atoms. The van der Waals surface area contributed by atoms with Crippen LogP contribution in [-0.4, -0.2) is 45.6 Å². The van der Waals surface area contributed by atoms with Crippen LogP contribution in [0.3, 0.4) is 0 Å². The van der Waals surface area contributed by atoms with E-state index in [4.69, 9.17) is 17.7 Å². The van der Waals surface area contributed by atoms with Gasteiger partial charge in [-0.3, -0.25) is 0 Å². The van der Waals surface area contributed by atoms with E-state index in [9.17, 15) is 0 Å². The minimum absolute atomic E-state index is 0.907. The SMILES string of the molecule is CO[Si](C)(CC[Si](C)(OC)OC)OC. The molecular formula is C8H22O4Si2. The maximum atomic E-state index is 5.40. The third-order valence-electron chi connectivity index (χ3n) is 2.76. The van der Waals surface area contributed by atoms with E-state index in [1.54, 1.807) is 28.4 Å². The highest BCUT2D eigenvalue weighted by Gasteiger charge is 2.36. The van der Waals surface area contributed by atoms with E-state index in [-0.39, 0.29) is 0 Å². The molecule has 0 amide bonds. The van der Waals surface area contributed by atoms with Crippen LogP contribution in [0.1, 0.15) is 0 Å². The van der Waals surface area contributed by atoms with Crippen LogP contribution in [0.25, 0.3) is 0 Å². The van der Waals surface area contributed by atoms with Crippen molar-refractivity contribution in [1.82, 2.24) is 0 Å². The molecule has 0 saturated heterocycles. The van der Waals surface area contributed by atoms with Crippen LogP contribution in [-0.2, 0) is 17.7 Å². The van der Waals surface area contributed by atoms with Crippen LogP contribution in [0.4, 0.5) is 0 Å². The van der Waals surface area contributed by atoms with Crippen molar-refractivity contribution in [3.8, 4) is 0 Å². The Kier molecular flexibility index (Phi) is 6.11. The zero-order chi connectivity index (χ0) is 11.2. The monoisotopic (exact) mass is 238 g/mol. The standard InChI is InChI=1S/C8H22O4Si2/c1-9-13(5,10-2)7-8-14(6,11-3)12-4/h7-8H2,1-6H3. The summed E-state index contributed by atoms with van der Waals surface area (Å²) in [5, 5.41) is 0. The fraction of sp³-hybridized carbons (Fsp3) is 1.00. The molecule has 0 aliphatic rings. The maximum absolute atomic E-state index is 5.40. The molecule has 0 rings (SSSR count). The molecule has 0 aromatic heterocycles. The summed E-state index contributed by atoms with van der Waals surface area (Å²) < 4.78 is 21.6. The van der Waals surface area contributed by atoms with Gasteiger partial charge in [0.1, 0.15) is 0 Å². The van der Waals surface area contributed by atoms with Gasteiger partial charge in [0.25, 0.3) is 0 Å². The van der Waals surface area contributed by atoms with E-state index in [2.05, 4.69) is 0 Å². The van der Waals surface area contributed by atoms with Crippen LogP contribution in [0.15, 0.2) is 0 Å². The van der Waals surface area contributed by atoms with Gasteiger partial charge < -0.3 is 17.7 Å². The van der Waals surface area contributed by atoms with Gasteiger partial charge in [-0.25, -0.2) is 0 Å². The molecule has 0 aliphatic carbocycles. The van der Waals surface area contributed by atoms with Gasteiger partial charge in [0.05, 0.1) is 0 Å². The van der Waals surface area contributed by atoms with E-state index in [0.717, 1.165) is 12.1 Å². The lowest BCUT2D eigenvalue weighted by Gasteiger charge is -2.28. The fourth-order valence-corrected chi connectivity index (χ4v) is 5.81. The molecule has 0 aromatic rings. The van der Waals surface area contributed by atoms with Gasteiger partial charge in [0.2, 0.25) is 0 Å². The van der Waals surface area contributed by atoms with Gasteiger partial charge in [-0.15, -0.1) is 0 Å². The van der Waals surface area contributed by atoms with Crippen LogP contribution in [0.2, 0.25) is 25.2 Å². The van der Waals surface area contributed by atoms with E-state index in [0.29, 0.717) is 0 Å².